The molecule has 1 aromatic carbocycles. The maximum Gasteiger partial charge on any atom is 0.255 e. The number of H-pyrrole nitrogens is 1. The molecule has 4 rings (SSSR count). The van der Waals surface area contributed by atoms with Gasteiger partial charge < -0.3 is 20.2 Å². The van der Waals surface area contributed by atoms with Crippen LogP contribution in [0, 0.1) is 19.8 Å². The zero-order chi connectivity index (χ0) is 26.9. The van der Waals surface area contributed by atoms with Crippen molar-refractivity contribution in [3.05, 3.63) is 63.2 Å². The minimum Gasteiger partial charge on any atom is -0.388 e. The molecule has 1 fully saturated rings. The molecule has 10 heteroatoms. The highest BCUT2D eigenvalue weighted by Crippen LogP contribution is 2.36. The first-order valence-corrected chi connectivity index (χ1v) is 14.5. The van der Waals surface area contributed by atoms with Gasteiger partial charge in [0.25, 0.3) is 11.5 Å². The second-order valence-corrected chi connectivity index (χ2v) is 12.1. The van der Waals surface area contributed by atoms with Crippen molar-refractivity contribution >= 4 is 32.5 Å². The summed E-state index contributed by atoms with van der Waals surface area (Å²) in [5, 5.41) is 6.86. The molecule has 3 N–H and O–H groups in total. The van der Waals surface area contributed by atoms with Crippen molar-refractivity contribution in [3.63, 3.8) is 0 Å². The lowest BCUT2D eigenvalue weighted by molar-refractivity contribution is 0.0951. The van der Waals surface area contributed by atoms with E-state index >= 15 is 0 Å². The van der Waals surface area contributed by atoms with Crippen LogP contribution in [0.15, 0.2) is 35.1 Å². The van der Waals surface area contributed by atoms with Crippen molar-refractivity contribution in [2.24, 2.45) is 5.92 Å². The van der Waals surface area contributed by atoms with Gasteiger partial charge in [-0.15, -0.1) is 0 Å². The molecular weight excluding hydrogens is 490 g/mol. The summed E-state index contributed by atoms with van der Waals surface area (Å²) in [4.78, 5) is 28.8. The van der Waals surface area contributed by atoms with E-state index < -0.39 is 10.0 Å². The zero-order valence-electron chi connectivity index (χ0n) is 22.2. The molecule has 1 amide bonds. The van der Waals surface area contributed by atoms with E-state index in [4.69, 9.17) is 0 Å². The lowest BCUT2D eigenvalue weighted by Crippen LogP contribution is -2.40. The van der Waals surface area contributed by atoms with Crippen LogP contribution < -0.4 is 16.2 Å². The molecule has 37 heavy (non-hydrogen) atoms. The van der Waals surface area contributed by atoms with E-state index in [0.29, 0.717) is 29.9 Å². The predicted octanol–water partition coefficient (Wildman–Crippen LogP) is 3.54. The van der Waals surface area contributed by atoms with E-state index in [0.717, 1.165) is 35.1 Å². The van der Waals surface area contributed by atoms with Crippen LogP contribution in [0.4, 0.5) is 5.69 Å². The Morgan fingerprint density at radius 3 is 2.51 bits per heavy atom. The number of carbonyl (C=O) groups excluding carboxylic acids is 1. The minimum atomic E-state index is -3.18. The van der Waals surface area contributed by atoms with Crippen LogP contribution in [-0.2, 0) is 16.6 Å². The fraction of sp³-hybridized carbons (Fsp3) is 0.481. The SMILES string of the molecule is CCS(=O)(=O)N1CCC(C(C)n2c(C)c(C(=O)NCc3c(NC)cc(C)[nH]c3=O)c3ccccc32)CC1. The van der Waals surface area contributed by atoms with Gasteiger partial charge in [-0.3, -0.25) is 9.59 Å². The normalized spacial score (nSPS) is 16.1. The van der Waals surface area contributed by atoms with Gasteiger partial charge in [-0.25, -0.2) is 12.7 Å². The average Bonchev–Trinajstić information content (AvgIpc) is 3.18. The monoisotopic (exact) mass is 527 g/mol. The molecule has 0 radical (unpaired) electrons. The molecule has 0 spiro atoms. The van der Waals surface area contributed by atoms with Crippen LogP contribution in [0.2, 0.25) is 0 Å². The molecule has 1 aliphatic heterocycles. The number of benzene rings is 1. The number of aryl methyl sites for hydroxylation is 1. The number of piperidine rings is 1. The summed E-state index contributed by atoms with van der Waals surface area (Å²) >= 11 is 0. The first-order chi connectivity index (χ1) is 17.6. The summed E-state index contributed by atoms with van der Waals surface area (Å²) in [6.07, 6.45) is 1.55. The van der Waals surface area contributed by atoms with E-state index in [9.17, 15) is 18.0 Å². The van der Waals surface area contributed by atoms with E-state index in [1.165, 1.54) is 0 Å². The van der Waals surface area contributed by atoms with Crippen LogP contribution in [-0.4, -0.2) is 54.1 Å². The second kappa shape index (κ2) is 10.7. The fourth-order valence-electron chi connectivity index (χ4n) is 5.60. The number of nitrogens with zero attached hydrogens (tertiary/aromatic N) is 2. The highest BCUT2D eigenvalue weighted by Gasteiger charge is 2.32. The van der Waals surface area contributed by atoms with Crippen LogP contribution in [0.1, 0.15) is 60.0 Å². The number of hydrogen-bond donors (Lipinski definition) is 3. The largest absolute Gasteiger partial charge is 0.388 e. The predicted molar refractivity (Wildman–Crippen MR) is 148 cm³/mol. The van der Waals surface area contributed by atoms with Gasteiger partial charge in [0.05, 0.1) is 23.4 Å². The van der Waals surface area contributed by atoms with E-state index in [2.05, 4.69) is 27.1 Å². The van der Waals surface area contributed by atoms with E-state index in [1.807, 2.05) is 44.2 Å². The van der Waals surface area contributed by atoms with Gasteiger partial charge in [0, 0.05) is 54.2 Å². The van der Waals surface area contributed by atoms with Crippen molar-refractivity contribution in [1.82, 2.24) is 19.2 Å². The van der Waals surface area contributed by atoms with E-state index in [-0.39, 0.29) is 35.7 Å². The average molecular weight is 528 g/mol. The number of anilines is 1. The summed E-state index contributed by atoms with van der Waals surface area (Å²) in [5.74, 6) is 0.181. The summed E-state index contributed by atoms with van der Waals surface area (Å²) in [7, 11) is -1.43. The molecule has 1 aliphatic rings. The van der Waals surface area contributed by atoms with Gasteiger partial charge in [-0.1, -0.05) is 18.2 Å². The number of nitrogens with one attached hydrogen (secondary N) is 3. The number of carbonyl (C=O) groups is 1. The molecule has 0 saturated carbocycles. The standard InChI is InChI=1S/C27H37N5O4S/c1-6-37(35,36)31-13-11-20(12-14-31)18(3)32-19(4)25(21-9-7-8-10-24(21)32)27(34)29-16-22-23(28-5)15-17(2)30-26(22)33/h7-10,15,18,20H,6,11-14,16H2,1-5H3,(H,29,34)(H2,28,30,33). The second-order valence-electron chi connectivity index (χ2n) is 9.83. The first kappa shape index (κ1) is 26.9. The molecular formula is C27H37N5O4S. The van der Waals surface area contributed by atoms with Gasteiger partial charge in [-0.05, 0) is 58.6 Å². The molecule has 1 unspecified atom stereocenters. The molecule has 2 aromatic heterocycles. The molecule has 1 atom stereocenters. The number of para-hydroxylation sites is 1. The lowest BCUT2D eigenvalue weighted by Gasteiger charge is -2.35. The Kier molecular flexibility index (Phi) is 7.80. The maximum absolute atomic E-state index is 13.5. The van der Waals surface area contributed by atoms with Crippen LogP contribution in [0.5, 0.6) is 0 Å². The summed E-state index contributed by atoms with van der Waals surface area (Å²) in [6, 6.07) is 9.80. The summed E-state index contributed by atoms with van der Waals surface area (Å²) < 4.78 is 28.4. The van der Waals surface area contributed by atoms with Gasteiger partial charge in [0.15, 0.2) is 0 Å². The smallest absolute Gasteiger partial charge is 0.255 e. The molecule has 3 heterocycles. The maximum atomic E-state index is 13.5. The van der Waals surface area contributed by atoms with Crippen molar-refractivity contribution in [2.75, 3.05) is 31.2 Å². The van der Waals surface area contributed by atoms with Crippen LogP contribution in [0.3, 0.4) is 0 Å². The zero-order valence-corrected chi connectivity index (χ0v) is 23.0. The molecule has 200 valence electrons. The summed E-state index contributed by atoms with van der Waals surface area (Å²) in [6.45, 7) is 8.76. The Hall–Kier alpha value is -3.11. The third kappa shape index (κ3) is 5.17. The number of fused-ring (bicyclic) bond motifs is 1. The molecule has 3 aromatic rings. The highest BCUT2D eigenvalue weighted by atomic mass is 32.2. The number of aromatic amines is 1. The topological polar surface area (TPSA) is 116 Å². The Morgan fingerprint density at radius 2 is 1.86 bits per heavy atom. The van der Waals surface area contributed by atoms with Crippen molar-refractivity contribution in [1.29, 1.82) is 0 Å². The third-order valence-corrected chi connectivity index (χ3v) is 9.58. The van der Waals surface area contributed by atoms with Crippen molar-refractivity contribution in [2.45, 2.75) is 53.1 Å². The molecule has 0 bridgehead atoms. The Morgan fingerprint density at radius 1 is 1.19 bits per heavy atom. The molecule has 1 saturated heterocycles. The Labute approximate surface area is 218 Å². The number of rotatable bonds is 8. The lowest BCUT2D eigenvalue weighted by atomic mass is 9.91. The fourth-order valence-corrected chi connectivity index (χ4v) is 6.74. The number of pyridine rings is 1. The van der Waals surface area contributed by atoms with Gasteiger partial charge >= 0.3 is 0 Å². The first-order valence-electron chi connectivity index (χ1n) is 12.8. The minimum absolute atomic E-state index is 0.0915. The highest BCUT2D eigenvalue weighted by molar-refractivity contribution is 7.89. The number of sulfonamides is 1. The Balaban J connectivity index is 1.61. The van der Waals surface area contributed by atoms with Gasteiger partial charge in [-0.2, -0.15) is 0 Å². The molecule has 9 nitrogen and oxygen atoms in total. The van der Waals surface area contributed by atoms with E-state index in [1.54, 1.807) is 18.3 Å². The third-order valence-electron chi connectivity index (χ3n) is 7.70. The number of amides is 1. The van der Waals surface area contributed by atoms with Crippen LogP contribution in [0.25, 0.3) is 10.9 Å². The number of aromatic nitrogens is 2. The quantitative estimate of drug-likeness (QED) is 0.414. The number of hydrogen-bond acceptors (Lipinski definition) is 5. The van der Waals surface area contributed by atoms with Crippen molar-refractivity contribution in [3.8, 4) is 0 Å². The van der Waals surface area contributed by atoms with Crippen molar-refractivity contribution < 1.29 is 13.2 Å². The van der Waals surface area contributed by atoms with Gasteiger partial charge in [0.2, 0.25) is 10.0 Å². The van der Waals surface area contributed by atoms with Crippen LogP contribution >= 0.6 is 0 Å². The summed E-state index contributed by atoms with van der Waals surface area (Å²) in [5.41, 5.74) is 4.12. The van der Waals surface area contributed by atoms with Gasteiger partial charge in [0.1, 0.15) is 0 Å². The Bertz CT molecular complexity index is 1470. The molecule has 0 aliphatic carbocycles.